The zero-order chi connectivity index (χ0) is 16.0. The van der Waals surface area contributed by atoms with E-state index < -0.39 is 9.84 Å². The molecule has 1 saturated heterocycles. The Morgan fingerprint density at radius 3 is 2.64 bits per heavy atom. The molecule has 0 bridgehead atoms. The lowest BCUT2D eigenvalue weighted by atomic mass is 10.2. The van der Waals surface area contributed by atoms with Crippen LogP contribution in [0.2, 0.25) is 0 Å². The minimum atomic E-state index is -2.89. The van der Waals surface area contributed by atoms with Crippen molar-refractivity contribution >= 4 is 15.8 Å². The Kier molecular flexibility index (Phi) is 5.65. The van der Waals surface area contributed by atoms with E-state index in [0.29, 0.717) is 18.9 Å². The lowest BCUT2D eigenvalue weighted by Crippen LogP contribution is -2.44. The van der Waals surface area contributed by atoms with Gasteiger partial charge in [-0.05, 0) is 31.0 Å². The van der Waals surface area contributed by atoms with Crippen molar-refractivity contribution < 1.29 is 13.2 Å². The minimum absolute atomic E-state index is 0.0568. The normalized spacial score (nSPS) is 20.6. The van der Waals surface area contributed by atoms with Gasteiger partial charge in [0.1, 0.15) is 5.75 Å². The molecule has 0 amide bonds. The zero-order valence-electron chi connectivity index (χ0n) is 13.0. The van der Waals surface area contributed by atoms with E-state index in [4.69, 9.17) is 4.74 Å². The highest BCUT2D eigenvalue weighted by molar-refractivity contribution is 7.91. The molecule has 1 heterocycles. The number of rotatable bonds is 5. The Hall–Kier alpha value is -1.76. The predicted octanol–water partition coefficient (Wildman–Crippen LogP) is 0.937. The summed E-state index contributed by atoms with van der Waals surface area (Å²) in [5.74, 6) is 1.90. The molecule has 122 valence electrons. The number of guanidine groups is 1. The van der Waals surface area contributed by atoms with Gasteiger partial charge in [-0.15, -0.1) is 0 Å². The molecule has 1 atom stereocenters. The van der Waals surface area contributed by atoms with Crippen molar-refractivity contribution in [2.24, 2.45) is 4.99 Å². The largest absolute Gasteiger partial charge is 0.497 e. The summed E-state index contributed by atoms with van der Waals surface area (Å²) in [5.41, 5.74) is 1.07. The first-order valence-electron chi connectivity index (χ1n) is 7.40. The number of nitrogens with one attached hydrogen (secondary N) is 2. The Bertz CT molecular complexity index is 611. The summed E-state index contributed by atoms with van der Waals surface area (Å²) < 4.78 is 28.1. The number of hydrogen-bond donors (Lipinski definition) is 2. The molecule has 0 aromatic heterocycles. The van der Waals surface area contributed by atoms with Crippen LogP contribution in [0.15, 0.2) is 29.3 Å². The van der Waals surface area contributed by atoms with Crippen LogP contribution in [0.25, 0.3) is 0 Å². The second-order valence-corrected chi connectivity index (χ2v) is 7.52. The van der Waals surface area contributed by atoms with Gasteiger partial charge in [-0.3, -0.25) is 0 Å². The maximum atomic E-state index is 11.5. The summed E-state index contributed by atoms with van der Waals surface area (Å²) in [6, 6.07) is 7.67. The molecule has 1 fully saturated rings. The third kappa shape index (κ3) is 4.91. The van der Waals surface area contributed by atoms with E-state index >= 15 is 0 Å². The standard InChI is InChI=1S/C15H23N3O3S/c1-3-16-15(18-13-8-9-22(19,20)11-13)17-10-12-4-6-14(21-2)7-5-12/h4-7,13H,3,8-11H2,1-2H3,(H2,16,17,18). The van der Waals surface area contributed by atoms with Gasteiger partial charge in [-0.2, -0.15) is 0 Å². The van der Waals surface area contributed by atoms with Crippen molar-refractivity contribution in [3.05, 3.63) is 29.8 Å². The van der Waals surface area contributed by atoms with Crippen LogP contribution in [-0.2, 0) is 16.4 Å². The van der Waals surface area contributed by atoms with Gasteiger partial charge in [0.15, 0.2) is 15.8 Å². The number of aliphatic imine (C=N–C) groups is 1. The summed E-state index contributed by atoms with van der Waals surface area (Å²) in [7, 11) is -1.26. The van der Waals surface area contributed by atoms with Crippen molar-refractivity contribution in [2.75, 3.05) is 25.2 Å². The van der Waals surface area contributed by atoms with E-state index in [-0.39, 0.29) is 17.5 Å². The van der Waals surface area contributed by atoms with E-state index in [9.17, 15) is 8.42 Å². The van der Waals surface area contributed by atoms with Gasteiger partial charge < -0.3 is 15.4 Å². The van der Waals surface area contributed by atoms with Gasteiger partial charge >= 0.3 is 0 Å². The lowest BCUT2D eigenvalue weighted by Gasteiger charge is -2.15. The molecule has 22 heavy (non-hydrogen) atoms. The van der Waals surface area contributed by atoms with Gasteiger partial charge in [-0.25, -0.2) is 13.4 Å². The third-order valence-electron chi connectivity index (χ3n) is 3.50. The SMILES string of the molecule is CCNC(=NCc1ccc(OC)cc1)NC1CCS(=O)(=O)C1. The maximum Gasteiger partial charge on any atom is 0.191 e. The van der Waals surface area contributed by atoms with Crippen LogP contribution in [0.3, 0.4) is 0 Å². The van der Waals surface area contributed by atoms with Crippen molar-refractivity contribution in [2.45, 2.75) is 25.9 Å². The second kappa shape index (κ2) is 7.49. The van der Waals surface area contributed by atoms with Crippen LogP contribution in [0.1, 0.15) is 18.9 Å². The van der Waals surface area contributed by atoms with E-state index in [0.717, 1.165) is 17.9 Å². The van der Waals surface area contributed by atoms with Crippen LogP contribution in [0, 0.1) is 0 Å². The van der Waals surface area contributed by atoms with Crippen LogP contribution < -0.4 is 15.4 Å². The topological polar surface area (TPSA) is 79.8 Å². The highest BCUT2D eigenvalue weighted by Gasteiger charge is 2.28. The third-order valence-corrected chi connectivity index (χ3v) is 5.26. The first-order valence-corrected chi connectivity index (χ1v) is 9.23. The summed E-state index contributed by atoms with van der Waals surface area (Å²) in [5, 5.41) is 6.35. The minimum Gasteiger partial charge on any atom is -0.497 e. The maximum absolute atomic E-state index is 11.5. The smallest absolute Gasteiger partial charge is 0.191 e. The van der Waals surface area contributed by atoms with Crippen LogP contribution in [0.4, 0.5) is 0 Å². The van der Waals surface area contributed by atoms with Gasteiger partial charge in [0, 0.05) is 12.6 Å². The lowest BCUT2D eigenvalue weighted by molar-refractivity contribution is 0.414. The molecular weight excluding hydrogens is 302 g/mol. The number of ether oxygens (including phenoxy) is 1. The molecule has 0 aliphatic carbocycles. The van der Waals surface area contributed by atoms with Gasteiger partial charge in [-0.1, -0.05) is 12.1 Å². The van der Waals surface area contributed by atoms with E-state index in [2.05, 4.69) is 15.6 Å². The summed E-state index contributed by atoms with van der Waals surface area (Å²) in [4.78, 5) is 4.51. The van der Waals surface area contributed by atoms with Crippen molar-refractivity contribution in [3.8, 4) is 5.75 Å². The molecule has 0 spiro atoms. The molecule has 2 rings (SSSR count). The Labute approximate surface area is 131 Å². The predicted molar refractivity (Wildman–Crippen MR) is 88.0 cm³/mol. The summed E-state index contributed by atoms with van der Waals surface area (Å²) in [6.07, 6.45) is 0.634. The number of methoxy groups -OCH3 is 1. The average molecular weight is 325 g/mol. The van der Waals surface area contributed by atoms with Crippen molar-refractivity contribution in [3.63, 3.8) is 0 Å². The molecule has 0 saturated carbocycles. The van der Waals surface area contributed by atoms with Crippen molar-refractivity contribution in [1.29, 1.82) is 0 Å². The van der Waals surface area contributed by atoms with E-state index in [1.807, 2.05) is 31.2 Å². The Morgan fingerprint density at radius 2 is 2.09 bits per heavy atom. The summed E-state index contributed by atoms with van der Waals surface area (Å²) in [6.45, 7) is 3.24. The second-order valence-electron chi connectivity index (χ2n) is 5.29. The Morgan fingerprint density at radius 1 is 1.36 bits per heavy atom. The number of hydrogen-bond acceptors (Lipinski definition) is 4. The molecule has 1 aromatic rings. The van der Waals surface area contributed by atoms with Crippen LogP contribution in [-0.4, -0.2) is 45.6 Å². The van der Waals surface area contributed by atoms with E-state index in [1.54, 1.807) is 7.11 Å². The monoisotopic (exact) mass is 325 g/mol. The number of nitrogens with zero attached hydrogens (tertiary/aromatic N) is 1. The highest BCUT2D eigenvalue weighted by atomic mass is 32.2. The fraction of sp³-hybridized carbons (Fsp3) is 0.533. The number of benzene rings is 1. The molecule has 1 aliphatic heterocycles. The van der Waals surface area contributed by atoms with Crippen molar-refractivity contribution in [1.82, 2.24) is 10.6 Å². The first kappa shape index (κ1) is 16.6. The van der Waals surface area contributed by atoms with Gasteiger partial charge in [0.2, 0.25) is 0 Å². The molecule has 7 heteroatoms. The van der Waals surface area contributed by atoms with Gasteiger partial charge in [0.25, 0.3) is 0 Å². The molecule has 1 aromatic carbocycles. The van der Waals surface area contributed by atoms with Gasteiger partial charge in [0.05, 0.1) is 25.2 Å². The highest BCUT2D eigenvalue weighted by Crippen LogP contribution is 2.13. The summed E-state index contributed by atoms with van der Waals surface area (Å²) >= 11 is 0. The van der Waals surface area contributed by atoms with E-state index in [1.165, 1.54) is 0 Å². The Balaban J connectivity index is 1.97. The van der Waals surface area contributed by atoms with Crippen LogP contribution >= 0.6 is 0 Å². The average Bonchev–Trinajstić information content (AvgIpc) is 2.84. The molecule has 2 N–H and O–H groups in total. The zero-order valence-corrected chi connectivity index (χ0v) is 13.8. The molecule has 0 radical (unpaired) electrons. The van der Waals surface area contributed by atoms with Crippen LogP contribution in [0.5, 0.6) is 5.75 Å². The molecule has 1 aliphatic rings. The first-order chi connectivity index (χ1) is 10.5. The fourth-order valence-corrected chi connectivity index (χ4v) is 4.00. The quantitative estimate of drug-likeness (QED) is 0.622. The fourth-order valence-electron chi connectivity index (χ4n) is 2.32. The molecular formula is C15H23N3O3S. The molecule has 6 nitrogen and oxygen atoms in total. The number of sulfone groups is 1. The molecule has 1 unspecified atom stereocenters.